The predicted molar refractivity (Wildman–Crippen MR) is 66.3 cm³/mol. The van der Waals surface area contributed by atoms with E-state index in [4.69, 9.17) is 15.1 Å². The fraction of sp³-hybridized carbons (Fsp3) is 0.333. The summed E-state index contributed by atoms with van der Waals surface area (Å²) in [5, 5.41) is 17.3. The van der Waals surface area contributed by atoms with Crippen molar-refractivity contribution in [1.29, 1.82) is 5.26 Å². The number of carboxylic acids is 1. The van der Waals surface area contributed by atoms with Gasteiger partial charge in [0.05, 0.1) is 28.9 Å². The molecule has 1 rings (SSSR count). The summed E-state index contributed by atoms with van der Waals surface area (Å²) < 4.78 is 28.7. The van der Waals surface area contributed by atoms with Crippen LogP contribution in [0.4, 0.5) is 0 Å². The van der Waals surface area contributed by atoms with Gasteiger partial charge in [-0.25, -0.2) is 13.2 Å². The molecule has 0 saturated carbocycles. The Morgan fingerprint density at radius 3 is 2.79 bits per heavy atom. The number of nitrogens with zero attached hydrogens (tertiary/aromatic N) is 1. The topological polar surface area (TPSA) is 104 Å². The van der Waals surface area contributed by atoms with E-state index in [0.29, 0.717) is 0 Å². The minimum Gasteiger partial charge on any atom is -0.479 e. The molecule has 0 amide bonds. The number of ether oxygens (including phenoxy) is 1. The zero-order chi connectivity index (χ0) is 14.5. The van der Waals surface area contributed by atoms with Gasteiger partial charge in [0.25, 0.3) is 0 Å². The summed E-state index contributed by atoms with van der Waals surface area (Å²) in [6, 6.07) is 7.50. The summed E-state index contributed by atoms with van der Waals surface area (Å²) in [5.41, 5.74) is 0.251. The van der Waals surface area contributed by atoms with Crippen molar-refractivity contribution in [2.75, 3.05) is 12.4 Å². The van der Waals surface area contributed by atoms with Gasteiger partial charge in [0.1, 0.15) is 0 Å². The van der Waals surface area contributed by atoms with Crippen LogP contribution in [0, 0.1) is 11.3 Å². The van der Waals surface area contributed by atoms with E-state index in [1.54, 1.807) is 0 Å². The summed E-state index contributed by atoms with van der Waals surface area (Å²) in [6.45, 7) is 1.11. The number of rotatable bonds is 6. The second-order valence-electron chi connectivity index (χ2n) is 3.81. The van der Waals surface area contributed by atoms with Crippen LogP contribution in [-0.2, 0) is 19.4 Å². The fourth-order valence-electron chi connectivity index (χ4n) is 1.28. The number of carboxylic acid groups (broad SMARTS) is 1. The monoisotopic (exact) mass is 283 g/mol. The highest BCUT2D eigenvalue weighted by Crippen LogP contribution is 2.13. The maximum Gasteiger partial charge on any atom is 0.332 e. The number of hydrogen-bond donors (Lipinski definition) is 1. The molecule has 0 aliphatic rings. The van der Waals surface area contributed by atoms with Crippen molar-refractivity contribution < 1.29 is 23.1 Å². The van der Waals surface area contributed by atoms with Gasteiger partial charge in [-0.1, -0.05) is 6.07 Å². The van der Waals surface area contributed by atoms with Crippen molar-refractivity contribution in [1.82, 2.24) is 0 Å². The van der Waals surface area contributed by atoms with Gasteiger partial charge in [0.15, 0.2) is 15.9 Å². The van der Waals surface area contributed by atoms with Crippen LogP contribution in [0.25, 0.3) is 0 Å². The standard InChI is InChI=1S/C12H13NO5S/c1-9(12(14)15)18-5-6-19(16,17)11-4-2-3-10(7-11)8-13/h2-4,7,9H,5-6H2,1H3,(H,14,15)/t9-/m0/s1. The Bertz CT molecular complexity index is 603. The van der Waals surface area contributed by atoms with E-state index in [1.807, 2.05) is 6.07 Å². The third kappa shape index (κ3) is 4.35. The van der Waals surface area contributed by atoms with Crippen LogP contribution in [0.1, 0.15) is 12.5 Å². The molecule has 0 saturated heterocycles. The smallest absolute Gasteiger partial charge is 0.332 e. The normalized spacial score (nSPS) is 12.6. The third-order valence-electron chi connectivity index (χ3n) is 2.39. The number of sulfone groups is 1. The summed E-state index contributed by atoms with van der Waals surface area (Å²) in [5.74, 6) is -1.48. The van der Waals surface area contributed by atoms with E-state index in [-0.39, 0.29) is 22.8 Å². The van der Waals surface area contributed by atoms with Gasteiger partial charge < -0.3 is 9.84 Å². The first-order valence-corrected chi connectivity index (χ1v) is 7.09. The summed E-state index contributed by atoms with van der Waals surface area (Å²) >= 11 is 0. The molecule has 102 valence electrons. The van der Waals surface area contributed by atoms with E-state index in [0.717, 1.165) is 0 Å². The van der Waals surface area contributed by atoms with Gasteiger partial charge >= 0.3 is 5.97 Å². The highest BCUT2D eigenvalue weighted by atomic mass is 32.2. The van der Waals surface area contributed by atoms with Crippen molar-refractivity contribution in [3.63, 3.8) is 0 Å². The highest BCUT2D eigenvalue weighted by Gasteiger charge is 2.17. The Balaban J connectivity index is 2.71. The maximum atomic E-state index is 11.9. The van der Waals surface area contributed by atoms with Crippen molar-refractivity contribution in [2.24, 2.45) is 0 Å². The second-order valence-corrected chi connectivity index (χ2v) is 5.92. The molecule has 1 atom stereocenters. The summed E-state index contributed by atoms with van der Waals surface area (Å²) in [7, 11) is -3.58. The minimum atomic E-state index is -3.58. The molecular formula is C12H13NO5S. The first-order chi connectivity index (χ1) is 8.86. The molecule has 0 fully saturated rings. The van der Waals surface area contributed by atoms with Gasteiger partial charge in [0.2, 0.25) is 0 Å². The molecule has 1 aromatic rings. The Morgan fingerprint density at radius 2 is 2.21 bits per heavy atom. The first-order valence-electron chi connectivity index (χ1n) is 5.44. The lowest BCUT2D eigenvalue weighted by Gasteiger charge is -2.09. The number of aliphatic carboxylic acids is 1. The zero-order valence-corrected chi connectivity index (χ0v) is 11.1. The Hall–Kier alpha value is -1.91. The van der Waals surface area contributed by atoms with Crippen molar-refractivity contribution >= 4 is 15.8 Å². The molecule has 0 aromatic heterocycles. The lowest BCUT2D eigenvalue weighted by molar-refractivity contribution is -0.148. The first kappa shape index (κ1) is 15.1. The van der Waals surface area contributed by atoms with Crippen LogP contribution in [0.3, 0.4) is 0 Å². The molecule has 0 unspecified atom stereocenters. The third-order valence-corrected chi connectivity index (χ3v) is 4.07. The zero-order valence-electron chi connectivity index (χ0n) is 10.2. The van der Waals surface area contributed by atoms with Crippen LogP contribution < -0.4 is 0 Å². The molecule has 0 radical (unpaired) electrons. The molecule has 0 spiro atoms. The van der Waals surface area contributed by atoms with Crippen LogP contribution in [0.2, 0.25) is 0 Å². The summed E-state index contributed by atoms with van der Waals surface area (Å²) in [4.78, 5) is 10.5. The Kier molecular flexibility index (Phi) is 5.03. The van der Waals surface area contributed by atoms with E-state index in [2.05, 4.69) is 0 Å². The molecule has 0 bridgehead atoms. The molecule has 0 heterocycles. The van der Waals surface area contributed by atoms with Crippen LogP contribution in [0.5, 0.6) is 0 Å². The van der Waals surface area contributed by atoms with Gasteiger partial charge in [-0.2, -0.15) is 5.26 Å². The molecule has 7 heteroatoms. The Morgan fingerprint density at radius 1 is 1.53 bits per heavy atom. The van der Waals surface area contributed by atoms with E-state index < -0.39 is 21.9 Å². The maximum absolute atomic E-state index is 11.9. The van der Waals surface area contributed by atoms with Crippen LogP contribution >= 0.6 is 0 Å². The molecule has 6 nitrogen and oxygen atoms in total. The SMILES string of the molecule is C[C@H](OCCS(=O)(=O)c1cccc(C#N)c1)C(=O)O. The molecule has 1 aromatic carbocycles. The largest absolute Gasteiger partial charge is 0.479 e. The average Bonchev–Trinajstić information content (AvgIpc) is 2.38. The van der Waals surface area contributed by atoms with Crippen molar-refractivity contribution in [2.45, 2.75) is 17.9 Å². The number of nitriles is 1. The van der Waals surface area contributed by atoms with Gasteiger partial charge in [0, 0.05) is 0 Å². The second kappa shape index (κ2) is 6.31. The Labute approximate surface area is 111 Å². The summed E-state index contributed by atoms with van der Waals surface area (Å²) in [6.07, 6.45) is -1.05. The highest BCUT2D eigenvalue weighted by molar-refractivity contribution is 7.91. The molecule has 0 aliphatic carbocycles. The van der Waals surface area contributed by atoms with Crippen LogP contribution in [-0.4, -0.2) is 38.0 Å². The minimum absolute atomic E-state index is 0.0260. The van der Waals surface area contributed by atoms with E-state index >= 15 is 0 Å². The van der Waals surface area contributed by atoms with Crippen molar-refractivity contribution in [3.8, 4) is 6.07 Å². The van der Waals surface area contributed by atoms with Gasteiger partial charge in [-0.05, 0) is 25.1 Å². The number of benzene rings is 1. The predicted octanol–water partition coefficient (Wildman–Crippen LogP) is 0.822. The van der Waals surface area contributed by atoms with E-state index in [1.165, 1.54) is 31.2 Å². The molecule has 1 N–H and O–H groups in total. The molecular weight excluding hydrogens is 270 g/mol. The van der Waals surface area contributed by atoms with Gasteiger partial charge in [-0.15, -0.1) is 0 Å². The van der Waals surface area contributed by atoms with Gasteiger partial charge in [-0.3, -0.25) is 0 Å². The van der Waals surface area contributed by atoms with Crippen molar-refractivity contribution in [3.05, 3.63) is 29.8 Å². The van der Waals surface area contributed by atoms with Crippen LogP contribution in [0.15, 0.2) is 29.2 Å². The van der Waals surface area contributed by atoms with E-state index in [9.17, 15) is 13.2 Å². The average molecular weight is 283 g/mol. The molecule has 19 heavy (non-hydrogen) atoms. The lowest BCUT2D eigenvalue weighted by atomic mass is 10.2. The quantitative estimate of drug-likeness (QED) is 0.828. The fourth-order valence-corrected chi connectivity index (χ4v) is 2.43. The number of carbonyl (C=O) groups is 1. The number of hydrogen-bond acceptors (Lipinski definition) is 5. The molecule has 0 aliphatic heterocycles. The lowest BCUT2D eigenvalue weighted by Crippen LogP contribution is -2.23.